The highest BCUT2D eigenvalue weighted by atomic mass is 19.1. The van der Waals surface area contributed by atoms with Gasteiger partial charge in [0, 0.05) is 12.1 Å². The number of hydrogen-bond acceptors (Lipinski definition) is 3. The van der Waals surface area contributed by atoms with Crippen LogP contribution in [-0.4, -0.2) is 21.8 Å². The van der Waals surface area contributed by atoms with Gasteiger partial charge in [0.1, 0.15) is 11.3 Å². The average molecular weight is 265 g/mol. The van der Waals surface area contributed by atoms with E-state index in [4.69, 9.17) is 10.5 Å². The first-order valence-corrected chi connectivity index (χ1v) is 6.41. The van der Waals surface area contributed by atoms with Gasteiger partial charge in [0.2, 0.25) is 5.95 Å². The highest BCUT2D eigenvalue weighted by Crippen LogP contribution is 2.44. The summed E-state index contributed by atoms with van der Waals surface area (Å²) in [6.45, 7) is 0. The van der Waals surface area contributed by atoms with Crippen LogP contribution in [0, 0.1) is 11.6 Å². The number of ether oxygens (including phenoxy) is 1. The number of benzene rings is 1. The molecule has 0 radical (unpaired) electrons. The van der Waals surface area contributed by atoms with Gasteiger partial charge in [-0.25, -0.2) is 13.8 Å². The van der Waals surface area contributed by atoms with Crippen molar-refractivity contribution in [2.24, 2.45) is 0 Å². The molecular formula is C13H13F2N3O. The lowest BCUT2D eigenvalue weighted by atomic mass is 9.95. The Morgan fingerprint density at radius 1 is 1.32 bits per heavy atom. The first-order chi connectivity index (χ1) is 9.13. The predicted molar refractivity (Wildman–Crippen MR) is 65.6 cm³/mol. The van der Waals surface area contributed by atoms with Crippen molar-refractivity contribution in [2.45, 2.75) is 37.5 Å². The zero-order valence-electron chi connectivity index (χ0n) is 10.1. The van der Waals surface area contributed by atoms with E-state index in [0.717, 1.165) is 25.3 Å². The molecule has 2 saturated heterocycles. The van der Waals surface area contributed by atoms with Crippen LogP contribution in [0.2, 0.25) is 0 Å². The molecule has 2 aliphatic rings. The number of imidazole rings is 1. The third-order valence-corrected chi connectivity index (χ3v) is 4.15. The fraction of sp³-hybridized carbons (Fsp3) is 0.462. The van der Waals surface area contributed by atoms with E-state index in [0.29, 0.717) is 5.52 Å². The summed E-state index contributed by atoms with van der Waals surface area (Å²) < 4.78 is 34.6. The number of hydrogen-bond donors (Lipinski definition) is 1. The molecule has 2 bridgehead atoms. The van der Waals surface area contributed by atoms with E-state index in [2.05, 4.69) is 4.98 Å². The Labute approximate surface area is 108 Å². The Hall–Kier alpha value is -1.69. The quantitative estimate of drug-likeness (QED) is 0.861. The Balaban J connectivity index is 1.92. The molecule has 2 aliphatic heterocycles. The third-order valence-electron chi connectivity index (χ3n) is 4.15. The molecule has 1 aromatic heterocycles. The van der Waals surface area contributed by atoms with Crippen LogP contribution < -0.4 is 5.73 Å². The molecule has 19 heavy (non-hydrogen) atoms. The van der Waals surface area contributed by atoms with E-state index in [9.17, 15) is 8.78 Å². The molecule has 0 spiro atoms. The molecule has 3 heterocycles. The number of nitrogen functional groups attached to an aromatic ring is 1. The minimum atomic E-state index is -0.676. The smallest absolute Gasteiger partial charge is 0.201 e. The molecule has 3 atom stereocenters. The minimum absolute atomic E-state index is 0.0324. The molecule has 100 valence electrons. The summed E-state index contributed by atoms with van der Waals surface area (Å²) >= 11 is 0. The van der Waals surface area contributed by atoms with Gasteiger partial charge in [0.05, 0.1) is 23.8 Å². The fourth-order valence-electron chi connectivity index (χ4n) is 3.37. The number of rotatable bonds is 1. The molecule has 2 fully saturated rings. The van der Waals surface area contributed by atoms with E-state index in [1.807, 2.05) is 0 Å². The first-order valence-electron chi connectivity index (χ1n) is 6.41. The van der Waals surface area contributed by atoms with E-state index in [-0.39, 0.29) is 29.7 Å². The summed E-state index contributed by atoms with van der Waals surface area (Å²) in [6.07, 6.45) is 3.17. The zero-order chi connectivity index (χ0) is 13.1. The van der Waals surface area contributed by atoms with Gasteiger partial charge in [-0.3, -0.25) is 0 Å². The molecule has 0 amide bonds. The standard InChI is InChI=1S/C13H13F2N3O/c14-6-3-8(15)12-10(4-6)18(13(16)17-12)9-5-7-1-2-11(9)19-7/h3-4,7,9,11H,1-2,5H2,(H2,16,17). The topological polar surface area (TPSA) is 53.1 Å². The average Bonchev–Trinajstić information content (AvgIpc) is 3.02. The molecule has 4 nitrogen and oxygen atoms in total. The van der Waals surface area contributed by atoms with Crippen LogP contribution in [0.25, 0.3) is 11.0 Å². The van der Waals surface area contributed by atoms with Crippen molar-refractivity contribution < 1.29 is 13.5 Å². The van der Waals surface area contributed by atoms with E-state index in [1.54, 1.807) is 4.57 Å². The van der Waals surface area contributed by atoms with Crippen LogP contribution >= 0.6 is 0 Å². The SMILES string of the molecule is Nc1nc2c(F)cc(F)cc2n1C1CC2CCC1O2. The van der Waals surface area contributed by atoms with Gasteiger partial charge >= 0.3 is 0 Å². The number of halogens is 2. The summed E-state index contributed by atoms with van der Waals surface area (Å²) in [5, 5.41) is 0. The number of nitrogens with two attached hydrogens (primary N) is 1. The monoisotopic (exact) mass is 265 g/mol. The number of fused-ring (bicyclic) bond motifs is 3. The van der Waals surface area contributed by atoms with Crippen LogP contribution in [0.4, 0.5) is 14.7 Å². The fourth-order valence-corrected chi connectivity index (χ4v) is 3.37. The van der Waals surface area contributed by atoms with Crippen molar-refractivity contribution in [3.8, 4) is 0 Å². The van der Waals surface area contributed by atoms with Crippen LogP contribution in [0.15, 0.2) is 12.1 Å². The van der Waals surface area contributed by atoms with Gasteiger partial charge in [0.25, 0.3) is 0 Å². The lowest BCUT2D eigenvalue weighted by Crippen LogP contribution is -2.22. The molecule has 3 unspecified atom stereocenters. The van der Waals surface area contributed by atoms with Gasteiger partial charge in [-0.2, -0.15) is 0 Å². The molecule has 0 aliphatic carbocycles. The second kappa shape index (κ2) is 3.66. The van der Waals surface area contributed by atoms with Crippen molar-refractivity contribution in [3.63, 3.8) is 0 Å². The van der Waals surface area contributed by atoms with Crippen LogP contribution in [-0.2, 0) is 4.74 Å². The molecule has 4 rings (SSSR count). The van der Waals surface area contributed by atoms with Gasteiger partial charge in [-0.1, -0.05) is 0 Å². The van der Waals surface area contributed by atoms with Crippen molar-refractivity contribution in [2.75, 3.05) is 5.73 Å². The number of nitrogens with zero attached hydrogens (tertiary/aromatic N) is 2. The predicted octanol–water partition coefficient (Wildman–Crippen LogP) is 2.39. The summed E-state index contributed by atoms with van der Waals surface area (Å²) in [7, 11) is 0. The maximum atomic E-state index is 13.7. The lowest BCUT2D eigenvalue weighted by Gasteiger charge is -2.21. The molecule has 2 N–H and O–H groups in total. The maximum Gasteiger partial charge on any atom is 0.201 e. The van der Waals surface area contributed by atoms with Gasteiger partial charge in [-0.15, -0.1) is 0 Å². The molecule has 6 heteroatoms. The Morgan fingerprint density at radius 2 is 2.16 bits per heavy atom. The Bertz CT molecular complexity index is 669. The number of anilines is 1. The van der Waals surface area contributed by atoms with E-state index < -0.39 is 11.6 Å². The van der Waals surface area contributed by atoms with E-state index >= 15 is 0 Å². The normalized spacial score (nSPS) is 29.5. The van der Waals surface area contributed by atoms with Gasteiger partial charge in [-0.05, 0) is 19.3 Å². The zero-order valence-corrected chi connectivity index (χ0v) is 10.1. The third kappa shape index (κ3) is 1.49. The summed E-state index contributed by atoms with van der Waals surface area (Å²) in [5.41, 5.74) is 6.43. The van der Waals surface area contributed by atoms with Crippen LogP contribution in [0.5, 0.6) is 0 Å². The van der Waals surface area contributed by atoms with Crippen LogP contribution in [0.1, 0.15) is 25.3 Å². The number of aromatic nitrogens is 2. The second-order valence-electron chi connectivity index (χ2n) is 5.27. The largest absolute Gasteiger partial charge is 0.373 e. The maximum absolute atomic E-state index is 13.7. The first kappa shape index (κ1) is 11.2. The summed E-state index contributed by atoms with van der Waals surface area (Å²) in [6, 6.07) is 2.15. The molecule has 0 saturated carbocycles. The van der Waals surface area contributed by atoms with Crippen LogP contribution in [0.3, 0.4) is 0 Å². The Kier molecular flexibility index (Phi) is 2.15. The Morgan fingerprint density at radius 3 is 2.84 bits per heavy atom. The summed E-state index contributed by atoms with van der Waals surface area (Å²) in [4.78, 5) is 4.03. The van der Waals surface area contributed by atoms with E-state index in [1.165, 1.54) is 6.07 Å². The van der Waals surface area contributed by atoms with Crippen molar-refractivity contribution >= 4 is 17.0 Å². The van der Waals surface area contributed by atoms with Crippen molar-refractivity contribution in [3.05, 3.63) is 23.8 Å². The highest BCUT2D eigenvalue weighted by molar-refractivity contribution is 5.79. The molecule has 2 aromatic rings. The molecular weight excluding hydrogens is 252 g/mol. The highest BCUT2D eigenvalue weighted by Gasteiger charge is 2.43. The van der Waals surface area contributed by atoms with Gasteiger partial charge < -0.3 is 15.0 Å². The lowest BCUT2D eigenvalue weighted by molar-refractivity contribution is 0.0945. The second-order valence-corrected chi connectivity index (χ2v) is 5.27. The molecule has 1 aromatic carbocycles. The van der Waals surface area contributed by atoms with Crippen molar-refractivity contribution in [1.82, 2.24) is 9.55 Å². The van der Waals surface area contributed by atoms with Crippen molar-refractivity contribution in [1.29, 1.82) is 0 Å². The van der Waals surface area contributed by atoms with Gasteiger partial charge in [0.15, 0.2) is 5.82 Å². The minimum Gasteiger partial charge on any atom is -0.373 e. The summed E-state index contributed by atoms with van der Waals surface area (Å²) in [5.74, 6) is -1.07.